The second-order valence-electron chi connectivity index (χ2n) is 5.85. The minimum Gasteiger partial charge on any atom is -0.497 e. The summed E-state index contributed by atoms with van der Waals surface area (Å²) in [5.74, 6) is -0.0642. The predicted molar refractivity (Wildman–Crippen MR) is 102 cm³/mol. The Balaban J connectivity index is 2.07. The van der Waals surface area contributed by atoms with E-state index in [0.29, 0.717) is 33.9 Å². The van der Waals surface area contributed by atoms with Gasteiger partial charge in [0.15, 0.2) is 6.61 Å². The van der Waals surface area contributed by atoms with E-state index >= 15 is 0 Å². The number of hydrogen-bond acceptors (Lipinski definition) is 5. The van der Waals surface area contributed by atoms with Gasteiger partial charge in [-0.1, -0.05) is 24.3 Å². The molecule has 2 aromatic carbocycles. The molecule has 3 aromatic rings. The number of aromatic amines is 1. The van der Waals surface area contributed by atoms with E-state index in [1.807, 2.05) is 6.07 Å². The molecule has 140 valence electrons. The van der Waals surface area contributed by atoms with Gasteiger partial charge in [-0.2, -0.15) is 5.26 Å². The number of carboxylic acids is 1. The van der Waals surface area contributed by atoms with Crippen LogP contribution in [0.5, 0.6) is 11.5 Å². The van der Waals surface area contributed by atoms with Gasteiger partial charge < -0.3 is 19.6 Å². The molecule has 0 aliphatic heterocycles. The van der Waals surface area contributed by atoms with Crippen LogP contribution in [-0.2, 0) is 4.79 Å². The average molecular weight is 376 g/mol. The van der Waals surface area contributed by atoms with Crippen LogP contribution in [0.3, 0.4) is 0 Å². The zero-order chi connectivity index (χ0) is 20.1. The van der Waals surface area contributed by atoms with Crippen molar-refractivity contribution in [2.45, 2.75) is 0 Å². The van der Waals surface area contributed by atoms with E-state index < -0.39 is 18.1 Å². The summed E-state index contributed by atoms with van der Waals surface area (Å²) in [6.07, 6.45) is 0. The van der Waals surface area contributed by atoms with E-state index in [2.05, 4.69) is 4.98 Å². The lowest BCUT2D eigenvalue weighted by molar-refractivity contribution is -0.139. The van der Waals surface area contributed by atoms with Gasteiger partial charge >= 0.3 is 5.97 Å². The lowest BCUT2D eigenvalue weighted by Gasteiger charge is -2.10. The number of methoxy groups -OCH3 is 1. The molecule has 2 N–H and O–H groups in total. The molecule has 0 saturated heterocycles. The van der Waals surface area contributed by atoms with E-state index in [9.17, 15) is 14.9 Å². The van der Waals surface area contributed by atoms with E-state index in [1.165, 1.54) is 0 Å². The van der Waals surface area contributed by atoms with Gasteiger partial charge in [0.2, 0.25) is 0 Å². The first-order valence-electron chi connectivity index (χ1n) is 8.28. The van der Waals surface area contributed by atoms with E-state index in [-0.39, 0.29) is 5.56 Å². The Morgan fingerprint density at radius 3 is 2.50 bits per heavy atom. The topological polar surface area (TPSA) is 112 Å². The zero-order valence-electron chi connectivity index (χ0n) is 14.9. The lowest BCUT2D eigenvalue weighted by atomic mass is 9.99. The van der Waals surface area contributed by atoms with Crippen molar-refractivity contribution in [2.24, 2.45) is 0 Å². The Morgan fingerprint density at radius 2 is 1.86 bits per heavy atom. The number of carboxylic acid groups (broad SMARTS) is 1. The molecule has 0 fully saturated rings. The first-order valence-corrected chi connectivity index (χ1v) is 8.28. The number of nitrogens with one attached hydrogen (secondary N) is 1. The van der Waals surface area contributed by atoms with Gasteiger partial charge in [0.05, 0.1) is 7.11 Å². The fraction of sp³-hybridized carbons (Fsp3) is 0.0952. The molecule has 7 heteroatoms. The van der Waals surface area contributed by atoms with Gasteiger partial charge in [-0.25, -0.2) is 4.79 Å². The van der Waals surface area contributed by atoms with Gasteiger partial charge in [0.1, 0.15) is 23.1 Å². The van der Waals surface area contributed by atoms with E-state index in [4.69, 9.17) is 14.6 Å². The number of aromatic nitrogens is 1. The molecule has 0 amide bonds. The summed E-state index contributed by atoms with van der Waals surface area (Å²) in [7, 11) is 1.56. The Morgan fingerprint density at radius 1 is 1.11 bits per heavy atom. The molecule has 0 bridgehead atoms. The van der Waals surface area contributed by atoms with Gasteiger partial charge in [-0.3, -0.25) is 4.79 Å². The van der Waals surface area contributed by atoms with Crippen LogP contribution < -0.4 is 15.0 Å². The standard InChI is InChI=1S/C21H16N2O5/c1-27-15-7-5-13(6-8-15)17-10-19(23-21(26)18(17)11-22)14-3-2-4-16(9-14)28-12-20(24)25/h2-10H,12H2,1H3,(H,23,26)(H,24,25). The molecular formula is C21H16N2O5. The highest BCUT2D eigenvalue weighted by Crippen LogP contribution is 2.29. The van der Waals surface area contributed by atoms with Crippen LogP contribution in [-0.4, -0.2) is 29.8 Å². The Bertz CT molecular complexity index is 1110. The molecule has 3 rings (SSSR count). The second kappa shape index (κ2) is 8.10. The first kappa shape index (κ1) is 18.7. The molecule has 0 spiro atoms. The Labute approximate surface area is 160 Å². The van der Waals surface area contributed by atoms with Crippen LogP contribution in [0.4, 0.5) is 0 Å². The van der Waals surface area contributed by atoms with E-state index in [0.717, 1.165) is 0 Å². The smallest absolute Gasteiger partial charge is 0.341 e. The summed E-state index contributed by atoms with van der Waals surface area (Å²) in [5.41, 5.74) is 1.79. The molecule has 0 saturated carbocycles. The monoisotopic (exact) mass is 376 g/mol. The number of aliphatic carboxylic acids is 1. The minimum atomic E-state index is -1.08. The number of hydrogen-bond donors (Lipinski definition) is 2. The third-order valence-corrected chi connectivity index (χ3v) is 4.05. The first-order chi connectivity index (χ1) is 13.5. The van der Waals surface area contributed by atoms with Crippen molar-refractivity contribution in [1.29, 1.82) is 5.26 Å². The van der Waals surface area contributed by atoms with Crippen LogP contribution >= 0.6 is 0 Å². The maximum atomic E-state index is 12.4. The van der Waals surface area contributed by atoms with Crippen molar-refractivity contribution in [3.8, 4) is 40.0 Å². The summed E-state index contributed by atoms with van der Waals surface area (Å²) in [4.78, 5) is 25.8. The lowest BCUT2D eigenvalue weighted by Crippen LogP contribution is -2.13. The van der Waals surface area contributed by atoms with Crippen molar-refractivity contribution in [2.75, 3.05) is 13.7 Å². The van der Waals surface area contributed by atoms with Crippen molar-refractivity contribution in [1.82, 2.24) is 4.98 Å². The number of H-pyrrole nitrogens is 1. The molecule has 0 unspecified atom stereocenters. The highest BCUT2D eigenvalue weighted by atomic mass is 16.5. The largest absolute Gasteiger partial charge is 0.497 e. The highest BCUT2D eigenvalue weighted by molar-refractivity contribution is 5.76. The third-order valence-electron chi connectivity index (χ3n) is 4.05. The van der Waals surface area contributed by atoms with Crippen LogP contribution in [0.2, 0.25) is 0 Å². The molecule has 1 heterocycles. The predicted octanol–water partition coefficient (Wildman–Crippen LogP) is 3.05. The fourth-order valence-corrected chi connectivity index (χ4v) is 2.72. The third kappa shape index (κ3) is 4.02. The number of nitrogens with zero attached hydrogens (tertiary/aromatic N) is 1. The van der Waals surface area contributed by atoms with Crippen LogP contribution in [0.25, 0.3) is 22.4 Å². The number of nitriles is 1. The summed E-state index contributed by atoms with van der Waals surface area (Å²) in [6, 6.07) is 17.4. The van der Waals surface area contributed by atoms with Gasteiger partial charge in [-0.15, -0.1) is 0 Å². The number of ether oxygens (including phenoxy) is 2. The summed E-state index contributed by atoms with van der Waals surface area (Å²) in [5, 5.41) is 18.2. The van der Waals surface area contributed by atoms with Crippen LogP contribution in [0, 0.1) is 11.3 Å². The maximum Gasteiger partial charge on any atom is 0.341 e. The summed E-state index contributed by atoms with van der Waals surface area (Å²) in [6.45, 7) is -0.468. The molecular weight excluding hydrogens is 360 g/mol. The van der Waals surface area contributed by atoms with Gasteiger partial charge in [0.25, 0.3) is 5.56 Å². The van der Waals surface area contributed by atoms with Crippen molar-refractivity contribution < 1.29 is 19.4 Å². The Hall–Kier alpha value is -4.05. The number of benzene rings is 2. The minimum absolute atomic E-state index is 0.00667. The molecule has 0 radical (unpaired) electrons. The molecule has 1 aromatic heterocycles. The highest BCUT2D eigenvalue weighted by Gasteiger charge is 2.13. The molecule has 7 nitrogen and oxygen atoms in total. The normalized spacial score (nSPS) is 10.1. The van der Waals surface area contributed by atoms with E-state index in [1.54, 1.807) is 61.7 Å². The van der Waals surface area contributed by atoms with Crippen LogP contribution in [0.1, 0.15) is 5.56 Å². The van der Waals surface area contributed by atoms with Crippen molar-refractivity contribution >= 4 is 5.97 Å². The van der Waals surface area contributed by atoms with Gasteiger partial charge in [-0.05, 0) is 35.9 Å². The number of pyridine rings is 1. The average Bonchev–Trinajstić information content (AvgIpc) is 2.72. The number of carbonyl (C=O) groups is 1. The molecule has 0 aliphatic rings. The fourth-order valence-electron chi connectivity index (χ4n) is 2.72. The van der Waals surface area contributed by atoms with Crippen LogP contribution in [0.15, 0.2) is 59.4 Å². The molecule has 0 aliphatic carbocycles. The summed E-state index contributed by atoms with van der Waals surface area (Å²) < 4.78 is 10.3. The van der Waals surface area contributed by atoms with Crippen molar-refractivity contribution in [3.63, 3.8) is 0 Å². The quantitative estimate of drug-likeness (QED) is 0.684. The Kier molecular flexibility index (Phi) is 5.42. The SMILES string of the molecule is COc1ccc(-c2cc(-c3cccc(OCC(=O)O)c3)[nH]c(=O)c2C#N)cc1. The second-order valence-corrected chi connectivity index (χ2v) is 5.85. The molecule has 0 atom stereocenters. The maximum absolute atomic E-state index is 12.4. The summed E-state index contributed by atoms with van der Waals surface area (Å²) >= 11 is 0. The number of rotatable bonds is 6. The zero-order valence-corrected chi connectivity index (χ0v) is 14.9. The molecule has 28 heavy (non-hydrogen) atoms. The van der Waals surface area contributed by atoms with Gasteiger partial charge in [0, 0.05) is 16.8 Å². The van der Waals surface area contributed by atoms with Crippen molar-refractivity contribution in [3.05, 3.63) is 70.5 Å².